The van der Waals surface area contributed by atoms with Crippen LogP contribution in [0.2, 0.25) is 0 Å². The van der Waals surface area contributed by atoms with Crippen molar-refractivity contribution in [2.45, 2.75) is 6.42 Å². The van der Waals surface area contributed by atoms with Gasteiger partial charge in [0.25, 0.3) is 0 Å². The van der Waals surface area contributed by atoms with E-state index >= 15 is 0 Å². The highest BCUT2D eigenvalue weighted by atomic mass is 19.1. The lowest BCUT2D eigenvalue weighted by molar-refractivity contribution is 0.264. The summed E-state index contributed by atoms with van der Waals surface area (Å²) in [5.74, 6) is 0.655. The van der Waals surface area contributed by atoms with E-state index in [9.17, 15) is 9.50 Å². The molecule has 0 saturated heterocycles. The molecule has 0 aliphatic rings. The Morgan fingerprint density at radius 1 is 1.00 bits per heavy atom. The highest BCUT2D eigenvalue weighted by molar-refractivity contribution is 5.58. The number of hydrogen-bond donors (Lipinski definition) is 1. The number of phenolic OH excluding ortho intramolecular Hbond substituents is 1. The lowest BCUT2D eigenvalue weighted by Crippen LogP contribution is -2.00. The van der Waals surface area contributed by atoms with Crippen molar-refractivity contribution in [2.24, 2.45) is 0 Å². The van der Waals surface area contributed by atoms with Crippen molar-refractivity contribution in [3.63, 3.8) is 0 Å². The van der Waals surface area contributed by atoms with Crippen LogP contribution in [0.4, 0.5) is 4.39 Å². The maximum Gasteiger partial charge on any atom is 0.213 e. The highest BCUT2D eigenvalue weighted by Gasteiger charge is 2.06. The number of pyridine rings is 2. The van der Waals surface area contributed by atoms with E-state index < -0.39 is 6.67 Å². The van der Waals surface area contributed by atoms with Gasteiger partial charge < -0.3 is 9.84 Å². The minimum atomic E-state index is -0.542. The molecule has 2 aromatic heterocycles. The molecule has 0 fully saturated rings. The number of nitrogens with zero attached hydrogens (tertiary/aromatic N) is 2. The fraction of sp³-hybridized carbons (Fsp3) is 0.158. The van der Waals surface area contributed by atoms with E-state index in [1.807, 2.05) is 36.4 Å². The first-order chi connectivity index (χ1) is 11.8. The van der Waals surface area contributed by atoms with Crippen LogP contribution in [0, 0.1) is 0 Å². The number of para-hydroxylation sites is 1. The van der Waals surface area contributed by atoms with Crippen molar-refractivity contribution in [3.8, 4) is 22.9 Å². The molecule has 4 nitrogen and oxygen atoms in total. The standard InChI is InChI=1S/C19H17FN2O2/c20-10-11-24-19-9-8-15(13-21-19)17-6-3-5-16(22-17)12-14-4-1-2-7-18(14)23/h1-9,13,23H,10-12H2. The molecule has 0 saturated carbocycles. The number of ether oxygens (including phenoxy) is 1. The van der Waals surface area contributed by atoms with Crippen LogP contribution < -0.4 is 4.74 Å². The van der Waals surface area contributed by atoms with Gasteiger partial charge in [0.1, 0.15) is 19.0 Å². The Bertz CT molecular complexity index is 806. The molecular weight excluding hydrogens is 307 g/mol. The molecule has 0 bridgehead atoms. The molecule has 0 amide bonds. The van der Waals surface area contributed by atoms with Gasteiger partial charge in [0, 0.05) is 29.9 Å². The van der Waals surface area contributed by atoms with Crippen molar-refractivity contribution in [1.29, 1.82) is 0 Å². The van der Waals surface area contributed by atoms with Gasteiger partial charge in [-0.2, -0.15) is 0 Å². The topological polar surface area (TPSA) is 55.2 Å². The van der Waals surface area contributed by atoms with Crippen molar-refractivity contribution in [3.05, 3.63) is 72.1 Å². The molecular formula is C19H17FN2O2. The Labute approximate surface area is 139 Å². The van der Waals surface area contributed by atoms with Crippen LogP contribution in [0.5, 0.6) is 11.6 Å². The summed E-state index contributed by atoms with van der Waals surface area (Å²) in [6.07, 6.45) is 2.20. The van der Waals surface area contributed by atoms with Crippen LogP contribution in [0.1, 0.15) is 11.3 Å². The summed E-state index contributed by atoms with van der Waals surface area (Å²) in [6.45, 7) is -0.542. The number of aromatic hydroxyl groups is 1. The average Bonchev–Trinajstić information content (AvgIpc) is 2.63. The van der Waals surface area contributed by atoms with Gasteiger partial charge in [0.15, 0.2) is 0 Å². The van der Waals surface area contributed by atoms with E-state index in [1.165, 1.54) is 0 Å². The second-order valence-electron chi connectivity index (χ2n) is 5.24. The van der Waals surface area contributed by atoms with Gasteiger partial charge >= 0.3 is 0 Å². The smallest absolute Gasteiger partial charge is 0.213 e. The van der Waals surface area contributed by atoms with Gasteiger partial charge in [-0.3, -0.25) is 4.98 Å². The highest BCUT2D eigenvalue weighted by Crippen LogP contribution is 2.22. The minimum absolute atomic E-state index is 0.000645. The number of alkyl halides is 1. The molecule has 1 N–H and O–H groups in total. The first-order valence-electron chi connectivity index (χ1n) is 7.64. The Kier molecular flexibility index (Phi) is 5.01. The quantitative estimate of drug-likeness (QED) is 0.749. The number of halogens is 1. The van der Waals surface area contributed by atoms with Crippen LogP contribution >= 0.6 is 0 Å². The van der Waals surface area contributed by atoms with Crippen molar-refractivity contribution in [2.75, 3.05) is 13.3 Å². The molecule has 3 aromatic rings. The van der Waals surface area contributed by atoms with Crippen LogP contribution in [-0.4, -0.2) is 28.4 Å². The molecule has 0 unspecified atom stereocenters. The van der Waals surface area contributed by atoms with E-state index in [2.05, 4.69) is 9.97 Å². The fourth-order valence-electron chi connectivity index (χ4n) is 2.35. The van der Waals surface area contributed by atoms with Gasteiger partial charge in [-0.05, 0) is 29.8 Å². The first-order valence-corrected chi connectivity index (χ1v) is 7.64. The molecule has 1 aromatic carbocycles. The monoisotopic (exact) mass is 324 g/mol. The molecule has 3 rings (SSSR count). The summed E-state index contributed by atoms with van der Waals surface area (Å²) < 4.78 is 17.2. The summed E-state index contributed by atoms with van der Waals surface area (Å²) in [7, 11) is 0. The number of benzene rings is 1. The normalized spacial score (nSPS) is 10.5. The summed E-state index contributed by atoms with van der Waals surface area (Å²) >= 11 is 0. The molecule has 0 aliphatic heterocycles. The Balaban J connectivity index is 1.79. The zero-order valence-electron chi connectivity index (χ0n) is 13.0. The third-order valence-electron chi connectivity index (χ3n) is 3.53. The second-order valence-corrected chi connectivity index (χ2v) is 5.24. The minimum Gasteiger partial charge on any atom is -0.508 e. The third kappa shape index (κ3) is 3.87. The zero-order valence-corrected chi connectivity index (χ0v) is 13.0. The Morgan fingerprint density at radius 3 is 2.62 bits per heavy atom. The first kappa shape index (κ1) is 15.9. The summed E-state index contributed by atoms with van der Waals surface area (Å²) in [4.78, 5) is 8.77. The molecule has 0 aliphatic carbocycles. The van der Waals surface area contributed by atoms with Gasteiger partial charge in [-0.15, -0.1) is 0 Å². The van der Waals surface area contributed by atoms with Crippen molar-refractivity contribution < 1.29 is 14.2 Å². The molecule has 24 heavy (non-hydrogen) atoms. The molecule has 0 spiro atoms. The Morgan fingerprint density at radius 2 is 1.88 bits per heavy atom. The number of hydrogen-bond acceptors (Lipinski definition) is 4. The molecule has 0 atom stereocenters. The van der Waals surface area contributed by atoms with E-state index in [0.717, 1.165) is 22.5 Å². The van der Waals surface area contributed by atoms with E-state index in [-0.39, 0.29) is 12.4 Å². The summed E-state index contributed by atoms with van der Waals surface area (Å²) in [6, 6.07) is 16.5. The second kappa shape index (κ2) is 7.55. The molecule has 2 heterocycles. The largest absolute Gasteiger partial charge is 0.508 e. The van der Waals surface area contributed by atoms with Crippen molar-refractivity contribution >= 4 is 0 Å². The van der Waals surface area contributed by atoms with Crippen LogP contribution in [-0.2, 0) is 6.42 Å². The average molecular weight is 324 g/mol. The van der Waals surface area contributed by atoms with Crippen LogP contribution in [0.25, 0.3) is 11.3 Å². The van der Waals surface area contributed by atoms with E-state index in [1.54, 1.807) is 24.4 Å². The molecule has 122 valence electrons. The van der Waals surface area contributed by atoms with Gasteiger partial charge in [0.05, 0.1) is 5.69 Å². The Hall–Kier alpha value is -2.95. The lowest BCUT2D eigenvalue weighted by atomic mass is 10.1. The van der Waals surface area contributed by atoms with Gasteiger partial charge in [-0.1, -0.05) is 24.3 Å². The summed E-state index contributed by atoms with van der Waals surface area (Å²) in [5, 5.41) is 9.88. The zero-order chi connectivity index (χ0) is 16.8. The predicted molar refractivity (Wildman–Crippen MR) is 89.9 cm³/mol. The lowest BCUT2D eigenvalue weighted by Gasteiger charge is -2.07. The number of phenols is 1. The molecule has 5 heteroatoms. The number of rotatable bonds is 6. The van der Waals surface area contributed by atoms with Crippen LogP contribution in [0.3, 0.4) is 0 Å². The van der Waals surface area contributed by atoms with Gasteiger partial charge in [0.2, 0.25) is 5.88 Å². The maximum atomic E-state index is 12.1. The van der Waals surface area contributed by atoms with Crippen LogP contribution in [0.15, 0.2) is 60.8 Å². The van der Waals surface area contributed by atoms with E-state index in [4.69, 9.17) is 4.74 Å². The van der Waals surface area contributed by atoms with E-state index in [0.29, 0.717) is 12.3 Å². The fourth-order valence-corrected chi connectivity index (χ4v) is 2.35. The summed E-state index contributed by atoms with van der Waals surface area (Å²) in [5.41, 5.74) is 3.32. The van der Waals surface area contributed by atoms with Gasteiger partial charge in [-0.25, -0.2) is 9.37 Å². The third-order valence-corrected chi connectivity index (χ3v) is 3.53. The predicted octanol–water partition coefficient (Wildman–Crippen LogP) is 3.79. The van der Waals surface area contributed by atoms with Crippen molar-refractivity contribution in [1.82, 2.24) is 9.97 Å². The number of aromatic nitrogens is 2. The SMILES string of the molecule is Oc1ccccc1Cc1cccc(-c2ccc(OCCF)nc2)n1. The molecule has 0 radical (unpaired) electrons. The maximum absolute atomic E-state index is 12.1.